The third-order valence-corrected chi connectivity index (χ3v) is 2.65. The van der Waals surface area contributed by atoms with Crippen LogP contribution < -0.4 is 5.32 Å². The number of nitrogens with one attached hydrogen (secondary N) is 1. The molecule has 0 saturated heterocycles. The molecule has 0 aliphatic carbocycles. The first-order valence-electron chi connectivity index (χ1n) is 5.65. The summed E-state index contributed by atoms with van der Waals surface area (Å²) in [5.74, 6) is 0.266. The van der Waals surface area contributed by atoms with Crippen LogP contribution >= 0.6 is 11.6 Å². The first-order valence-corrected chi connectivity index (χ1v) is 6.18. The number of amides is 1. The van der Waals surface area contributed by atoms with Crippen LogP contribution in [0.1, 0.15) is 28.8 Å². The smallest absolute Gasteiger partial charge is 0.270 e. The van der Waals surface area contributed by atoms with E-state index in [0.717, 1.165) is 12.8 Å². The molecule has 1 amide bonds. The Balaban J connectivity index is 2.70. The van der Waals surface area contributed by atoms with Crippen LogP contribution in [0.15, 0.2) is 18.2 Å². The van der Waals surface area contributed by atoms with Crippen molar-refractivity contribution in [1.29, 1.82) is 0 Å². The standard InChI is InChI=1S/C12H15ClN2O3/c1-9-6-10(8-11(7-9)15(17)18)12(16)14-5-3-2-4-13/h6-8H,2-5H2,1H3,(H,14,16). The molecule has 0 aliphatic heterocycles. The zero-order chi connectivity index (χ0) is 13.5. The zero-order valence-corrected chi connectivity index (χ0v) is 10.9. The summed E-state index contributed by atoms with van der Waals surface area (Å²) in [6.07, 6.45) is 1.62. The highest BCUT2D eigenvalue weighted by Gasteiger charge is 2.12. The van der Waals surface area contributed by atoms with Crippen molar-refractivity contribution in [2.75, 3.05) is 12.4 Å². The first kappa shape index (κ1) is 14.4. The molecule has 0 spiro atoms. The van der Waals surface area contributed by atoms with Gasteiger partial charge in [0.25, 0.3) is 11.6 Å². The second kappa shape index (κ2) is 6.96. The third kappa shape index (κ3) is 4.33. The van der Waals surface area contributed by atoms with Gasteiger partial charge in [-0.2, -0.15) is 0 Å². The van der Waals surface area contributed by atoms with E-state index in [1.165, 1.54) is 12.1 Å². The molecule has 0 fully saturated rings. The Labute approximate surface area is 110 Å². The summed E-state index contributed by atoms with van der Waals surface area (Å²) >= 11 is 5.52. The van der Waals surface area contributed by atoms with E-state index in [9.17, 15) is 14.9 Å². The van der Waals surface area contributed by atoms with Crippen molar-refractivity contribution in [2.24, 2.45) is 0 Å². The Kier molecular flexibility index (Phi) is 5.58. The highest BCUT2D eigenvalue weighted by Crippen LogP contribution is 2.16. The van der Waals surface area contributed by atoms with Gasteiger partial charge >= 0.3 is 0 Å². The van der Waals surface area contributed by atoms with Gasteiger partial charge in [0.1, 0.15) is 0 Å². The fourth-order valence-corrected chi connectivity index (χ4v) is 1.71. The van der Waals surface area contributed by atoms with Crippen LogP contribution in [0.2, 0.25) is 0 Å². The minimum atomic E-state index is -0.503. The molecule has 5 nitrogen and oxygen atoms in total. The van der Waals surface area contributed by atoms with E-state index in [0.29, 0.717) is 23.6 Å². The molecule has 98 valence electrons. The minimum absolute atomic E-state index is 0.0686. The fraction of sp³-hybridized carbons (Fsp3) is 0.417. The molecule has 6 heteroatoms. The van der Waals surface area contributed by atoms with Crippen LogP contribution in [0.5, 0.6) is 0 Å². The Bertz CT molecular complexity index is 449. The molecule has 0 aromatic heterocycles. The second-order valence-electron chi connectivity index (χ2n) is 3.97. The van der Waals surface area contributed by atoms with Gasteiger partial charge in [-0.25, -0.2) is 0 Å². The molecular weight excluding hydrogens is 256 g/mol. The Morgan fingerprint density at radius 3 is 2.72 bits per heavy atom. The van der Waals surface area contributed by atoms with Crippen LogP contribution in [0.3, 0.4) is 0 Å². The molecule has 0 heterocycles. The number of hydrogen-bond donors (Lipinski definition) is 1. The summed E-state index contributed by atoms with van der Waals surface area (Å²) in [4.78, 5) is 22.0. The highest BCUT2D eigenvalue weighted by molar-refractivity contribution is 6.17. The lowest BCUT2D eigenvalue weighted by molar-refractivity contribution is -0.384. The lowest BCUT2D eigenvalue weighted by Crippen LogP contribution is -2.24. The van der Waals surface area contributed by atoms with Crippen LogP contribution in [-0.2, 0) is 0 Å². The zero-order valence-electron chi connectivity index (χ0n) is 10.1. The predicted octanol–water partition coefficient (Wildman–Crippen LogP) is 2.65. The molecule has 1 rings (SSSR count). The number of non-ortho nitro benzene ring substituents is 1. The molecule has 1 aromatic carbocycles. The number of hydrogen-bond acceptors (Lipinski definition) is 3. The molecule has 0 unspecified atom stereocenters. The van der Waals surface area contributed by atoms with Gasteiger partial charge in [0.2, 0.25) is 0 Å². The van der Waals surface area contributed by atoms with Crippen molar-refractivity contribution in [3.8, 4) is 0 Å². The minimum Gasteiger partial charge on any atom is -0.352 e. The molecule has 0 atom stereocenters. The Morgan fingerprint density at radius 2 is 2.11 bits per heavy atom. The number of nitro groups is 1. The molecular formula is C12H15ClN2O3. The van der Waals surface area contributed by atoms with E-state index >= 15 is 0 Å². The van der Waals surface area contributed by atoms with E-state index < -0.39 is 4.92 Å². The normalized spacial score (nSPS) is 10.1. The van der Waals surface area contributed by atoms with E-state index in [4.69, 9.17) is 11.6 Å². The van der Waals surface area contributed by atoms with Crippen molar-refractivity contribution in [1.82, 2.24) is 5.32 Å². The van der Waals surface area contributed by atoms with Gasteiger partial charge in [-0.3, -0.25) is 14.9 Å². The number of rotatable bonds is 6. The summed E-state index contributed by atoms with van der Waals surface area (Å²) in [7, 11) is 0. The molecule has 1 N–H and O–H groups in total. The molecule has 0 radical (unpaired) electrons. The van der Waals surface area contributed by atoms with Crippen molar-refractivity contribution >= 4 is 23.2 Å². The maximum atomic E-state index is 11.8. The van der Waals surface area contributed by atoms with Gasteiger partial charge in [0.15, 0.2) is 0 Å². The topological polar surface area (TPSA) is 72.2 Å². The lowest BCUT2D eigenvalue weighted by atomic mass is 10.1. The SMILES string of the molecule is Cc1cc(C(=O)NCCCCCl)cc([N+](=O)[O-])c1. The number of halogens is 1. The van der Waals surface area contributed by atoms with Crippen LogP contribution in [0.25, 0.3) is 0 Å². The highest BCUT2D eigenvalue weighted by atomic mass is 35.5. The van der Waals surface area contributed by atoms with E-state index in [-0.39, 0.29) is 11.6 Å². The largest absolute Gasteiger partial charge is 0.352 e. The summed E-state index contributed by atoms with van der Waals surface area (Å²) in [6.45, 7) is 2.24. The average molecular weight is 271 g/mol. The number of unbranched alkanes of at least 4 members (excludes halogenated alkanes) is 1. The van der Waals surface area contributed by atoms with Gasteiger partial charge in [0, 0.05) is 30.1 Å². The van der Waals surface area contributed by atoms with Crippen LogP contribution in [0, 0.1) is 17.0 Å². The summed E-state index contributed by atoms with van der Waals surface area (Å²) in [5, 5.41) is 13.4. The van der Waals surface area contributed by atoms with Gasteiger partial charge in [-0.15, -0.1) is 11.6 Å². The number of nitrogens with zero attached hydrogens (tertiary/aromatic N) is 1. The summed E-state index contributed by atoms with van der Waals surface area (Å²) in [5.41, 5.74) is 0.934. The molecule has 0 saturated carbocycles. The van der Waals surface area contributed by atoms with E-state index in [2.05, 4.69) is 5.32 Å². The lowest BCUT2D eigenvalue weighted by Gasteiger charge is -2.05. The Hall–Kier alpha value is -1.62. The number of carbonyl (C=O) groups excluding carboxylic acids is 1. The third-order valence-electron chi connectivity index (χ3n) is 2.38. The number of benzene rings is 1. The first-order chi connectivity index (χ1) is 8.54. The molecule has 1 aromatic rings. The Morgan fingerprint density at radius 1 is 1.39 bits per heavy atom. The van der Waals surface area contributed by atoms with Crippen molar-refractivity contribution in [3.63, 3.8) is 0 Å². The summed E-state index contributed by atoms with van der Waals surface area (Å²) < 4.78 is 0. The number of alkyl halides is 1. The monoisotopic (exact) mass is 270 g/mol. The fourth-order valence-electron chi connectivity index (χ4n) is 1.52. The molecule has 0 aliphatic rings. The van der Waals surface area contributed by atoms with Gasteiger partial charge < -0.3 is 5.32 Å². The van der Waals surface area contributed by atoms with E-state index in [1.807, 2.05) is 0 Å². The van der Waals surface area contributed by atoms with Crippen molar-refractivity contribution in [3.05, 3.63) is 39.4 Å². The number of aryl methyl sites for hydroxylation is 1. The molecule has 0 bridgehead atoms. The van der Waals surface area contributed by atoms with Crippen LogP contribution in [0.4, 0.5) is 5.69 Å². The van der Waals surface area contributed by atoms with Gasteiger partial charge in [0.05, 0.1) is 4.92 Å². The number of carbonyl (C=O) groups is 1. The number of nitro benzene ring substituents is 1. The maximum absolute atomic E-state index is 11.8. The summed E-state index contributed by atoms with van der Waals surface area (Å²) in [6, 6.07) is 4.35. The quantitative estimate of drug-likeness (QED) is 0.374. The van der Waals surface area contributed by atoms with Gasteiger partial charge in [-0.1, -0.05) is 0 Å². The molecule has 18 heavy (non-hydrogen) atoms. The van der Waals surface area contributed by atoms with Gasteiger partial charge in [-0.05, 0) is 31.4 Å². The second-order valence-corrected chi connectivity index (χ2v) is 4.34. The van der Waals surface area contributed by atoms with Crippen molar-refractivity contribution in [2.45, 2.75) is 19.8 Å². The van der Waals surface area contributed by atoms with E-state index in [1.54, 1.807) is 13.0 Å². The van der Waals surface area contributed by atoms with Crippen molar-refractivity contribution < 1.29 is 9.72 Å². The van der Waals surface area contributed by atoms with Crippen LogP contribution in [-0.4, -0.2) is 23.3 Å². The predicted molar refractivity (Wildman–Crippen MR) is 70.1 cm³/mol. The maximum Gasteiger partial charge on any atom is 0.270 e. The average Bonchev–Trinajstić information content (AvgIpc) is 2.33.